The molecule has 3 saturated heterocycles. The first-order chi connectivity index (χ1) is 12.0. The summed E-state index contributed by atoms with van der Waals surface area (Å²) in [5.74, 6) is 0.924. The Hall–Kier alpha value is -1.89. The summed E-state index contributed by atoms with van der Waals surface area (Å²) in [5.41, 5.74) is 0.956. The highest BCUT2D eigenvalue weighted by molar-refractivity contribution is 5.72. The molecule has 1 amide bonds. The van der Waals surface area contributed by atoms with Crippen LogP contribution in [0.1, 0.15) is 32.4 Å². The molecule has 25 heavy (non-hydrogen) atoms. The lowest BCUT2D eigenvalue weighted by Gasteiger charge is -2.39. The van der Waals surface area contributed by atoms with Crippen molar-refractivity contribution in [3.8, 4) is 0 Å². The molecule has 0 aliphatic carbocycles. The molecule has 7 nitrogen and oxygen atoms in total. The van der Waals surface area contributed by atoms with Crippen LogP contribution in [-0.2, 0) is 4.74 Å². The maximum absolute atomic E-state index is 12.4. The number of piperidine rings is 1. The van der Waals surface area contributed by atoms with E-state index in [0.29, 0.717) is 18.6 Å². The molecule has 1 aromatic heterocycles. The van der Waals surface area contributed by atoms with Gasteiger partial charge in [-0.2, -0.15) is 0 Å². The molecule has 3 aliphatic heterocycles. The Morgan fingerprint density at radius 2 is 1.96 bits per heavy atom. The first kappa shape index (κ1) is 16.6. The SMILES string of the molecule is Cc1cc(N2C[C@@H]3OC(=O)N(C4CCN(C(C)C)CC4)[C@@H]3C2)ncn1. The van der Waals surface area contributed by atoms with E-state index >= 15 is 0 Å². The Bertz CT molecular complexity index is 644. The van der Waals surface area contributed by atoms with Crippen molar-refractivity contribution in [2.45, 2.75) is 57.8 Å². The number of amides is 1. The van der Waals surface area contributed by atoms with Crippen LogP contribution in [0, 0.1) is 6.92 Å². The van der Waals surface area contributed by atoms with Crippen LogP contribution in [0.2, 0.25) is 0 Å². The van der Waals surface area contributed by atoms with E-state index in [4.69, 9.17) is 4.74 Å². The average Bonchev–Trinajstić information content (AvgIpc) is 3.11. The molecule has 0 saturated carbocycles. The molecule has 2 atom stereocenters. The largest absolute Gasteiger partial charge is 0.442 e. The molecule has 0 unspecified atom stereocenters. The van der Waals surface area contributed by atoms with Crippen molar-refractivity contribution in [2.24, 2.45) is 0 Å². The van der Waals surface area contributed by atoms with E-state index in [2.05, 4.69) is 33.6 Å². The van der Waals surface area contributed by atoms with Gasteiger partial charge < -0.3 is 14.5 Å². The lowest BCUT2D eigenvalue weighted by molar-refractivity contribution is 0.0946. The van der Waals surface area contributed by atoms with Crippen molar-refractivity contribution in [1.29, 1.82) is 0 Å². The molecule has 0 bridgehead atoms. The third-order valence-corrected chi connectivity index (χ3v) is 5.79. The van der Waals surface area contributed by atoms with Gasteiger partial charge in [0.25, 0.3) is 0 Å². The Balaban J connectivity index is 1.45. The summed E-state index contributed by atoms with van der Waals surface area (Å²) < 4.78 is 5.70. The standard InChI is InChI=1S/C18H27N5O2/c1-12(2)21-6-4-14(5-7-21)23-15-9-22(10-16(15)25-18(23)24)17-8-13(3)19-11-20-17/h8,11-12,14-16H,4-7,9-10H2,1-3H3/t15-,16+/m1/s1. The average molecular weight is 345 g/mol. The fraction of sp³-hybridized carbons (Fsp3) is 0.722. The minimum atomic E-state index is -0.128. The Kier molecular flexibility index (Phi) is 4.27. The van der Waals surface area contributed by atoms with Crippen LogP contribution in [0.4, 0.5) is 10.6 Å². The van der Waals surface area contributed by atoms with E-state index in [0.717, 1.165) is 44.0 Å². The second kappa shape index (κ2) is 6.44. The summed E-state index contributed by atoms with van der Waals surface area (Å²) in [4.78, 5) is 27.7. The zero-order valence-electron chi connectivity index (χ0n) is 15.3. The van der Waals surface area contributed by atoms with Crippen LogP contribution < -0.4 is 4.90 Å². The van der Waals surface area contributed by atoms with Gasteiger partial charge in [-0.15, -0.1) is 0 Å². The highest BCUT2D eigenvalue weighted by Gasteiger charge is 2.50. The number of carbonyl (C=O) groups is 1. The Labute approximate surface area is 149 Å². The molecule has 1 aromatic rings. The first-order valence-electron chi connectivity index (χ1n) is 9.29. The van der Waals surface area contributed by atoms with E-state index < -0.39 is 0 Å². The van der Waals surface area contributed by atoms with Crippen molar-refractivity contribution >= 4 is 11.9 Å². The summed E-state index contributed by atoms with van der Waals surface area (Å²) in [6.45, 7) is 10.1. The van der Waals surface area contributed by atoms with Gasteiger partial charge in [0, 0.05) is 43.5 Å². The summed E-state index contributed by atoms with van der Waals surface area (Å²) in [6.07, 6.45) is 3.48. The second-order valence-electron chi connectivity index (χ2n) is 7.68. The van der Waals surface area contributed by atoms with Gasteiger partial charge in [0.15, 0.2) is 0 Å². The van der Waals surface area contributed by atoms with Gasteiger partial charge in [0.1, 0.15) is 18.2 Å². The zero-order valence-corrected chi connectivity index (χ0v) is 15.3. The third kappa shape index (κ3) is 3.05. The zero-order chi connectivity index (χ0) is 17.6. The smallest absolute Gasteiger partial charge is 0.410 e. The van der Waals surface area contributed by atoms with Crippen LogP contribution in [0.25, 0.3) is 0 Å². The second-order valence-corrected chi connectivity index (χ2v) is 7.68. The number of carbonyl (C=O) groups excluding carboxylic acids is 1. The number of fused-ring (bicyclic) bond motifs is 1. The number of hydrogen-bond acceptors (Lipinski definition) is 6. The Morgan fingerprint density at radius 1 is 1.20 bits per heavy atom. The van der Waals surface area contributed by atoms with Crippen molar-refractivity contribution in [3.63, 3.8) is 0 Å². The monoisotopic (exact) mass is 345 g/mol. The minimum Gasteiger partial charge on any atom is -0.442 e. The number of aryl methyl sites for hydroxylation is 1. The van der Waals surface area contributed by atoms with E-state index in [-0.39, 0.29) is 18.2 Å². The number of rotatable bonds is 3. The highest BCUT2D eigenvalue weighted by atomic mass is 16.6. The number of ether oxygens (including phenoxy) is 1. The van der Waals surface area contributed by atoms with Gasteiger partial charge in [-0.1, -0.05) is 0 Å². The molecule has 3 aliphatic rings. The van der Waals surface area contributed by atoms with Gasteiger partial charge in [-0.05, 0) is 33.6 Å². The van der Waals surface area contributed by atoms with Crippen LogP contribution in [0.15, 0.2) is 12.4 Å². The van der Waals surface area contributed by atoms with Crippen molar-refractivity contribution in [1.82, 2.24) is 19.8 Å². The van der Waals surface area contributed by atoms with Gasteiger partial charge in [-0.25, -0.2) is 14.8 Å². The lowest BCUT2D eigenvalue weighted by atomic mass is 10.0. The topological polar surface area (TPSA) is 61.8 Å². The third-order valence-electron chi connectivity index (χ3n) is 5.79. The number of aromatic nitrogens is 2. The number of likely N-dealkylation sites (tertiary alicyclic amines) is 1. The number of nitrogens with zero attached hydrogens (tertiary/aromatic N) is 5. The summed E-state index contributed by atoms with van der Waals surface area (Å²) in [7, 11) is 0. The molecule has 3 fully saturated rings. The molecular formula is C18H27N5O2. The summed E-state index contributed by atoms with van der Waals surface area (Å²) >= 11 is 0. The van der Waals surface area contributed by atoms with Crippen molar-refractivity contribution in [2.75, 3.05) is 31.1 Å². The first-order valence-corrected chi connectivity index (χ1v) is 9.29. The predicted molar refractivity (Wildman–Crippen MR) is 94.6 cm³/mol. The van der Waals surface area contributed by atoms with Crippen molar-refractivity contribution < 1.29 is 9.53 Å². The Morgan fingerprint density at radius 3 is 2.64 bits per heavy atom. The van der Waals surface area contributed by atoms with Crippen LogP contribution in [-0.4, -0.2) is 76.3 Å². The van der Waals surface area contributed by atoms with Crippen LogP contribution in [0.5, 0.6) is 0 Å². The molecular weight excluding hydrogens is 318 g/mol. The van der Waals surface area contributed by atoms with Crippen LogP contribution in [0.3, 0.4) is 0 Å². The lowest BCUT2D eigenvalue weighted by Crippen LogP contribution is -2.51. The molecule has 0 aromatic carbocycles. The number of hydrogen-bond donors (Lipinski definition) is 0. The molecule has 0 radical (unpaired) electrons. The van der Waals surface area contributed by atoms with E-state index in [9.17, 15) is 4.79 Å². The molecule has 7 heteroatoms. The normalized spacial score (nSPS) is 27.9. The fourth-order valence-corrected chi connectivity index (χ4v) is 4.37. The van der Waals surface area contributed by atoms with Gasteiger partial charge in [0.05, 0.1) is 12.6 Å². The molecule has 4 heterocycles. The summed E-state index contributed by atoms with van der Waals surface area (Å²) in [6, 6.07) is 3.00. The highest BCUT2D eigenvalue weighted by Crippen LogP contribution is 2.33. The maximum atomic E-state index is 12.4. The molecule has 0 spiro atoms. The van der Waals surface area contributed by atoms with Crippen LogP contribution >= 0.6 is 0 Å². The van der Waals surface area contributed by atoms with E-state index in [1.165, 1.54) is 0 Å². The van der Waals surface area contributed by atoms with Gasteiger partial charge in [0.2, 0.25) is 0 Å². The quantitative estimate of drug-likeness (QED) is 0.830. The molecule has 4 rings (SSSR count). The molecule has 0 N–H and O–H groups in total. The predicted octanol–water partition coefficient (Wildman–Crippen LogP) is 1.67. The van der Waals surface area contributed by atoms with Crippen molar-refractivity contribution in [3.05, 3.63) is 18.1 Å². The fourth-order valence-electron chi connectivity index (χ4n) is 4.37. The van der Waals surface area contributed by atoms with Gasteiger partial charge in [-0.3, -0.25) is 4.90 Å². The summed E-state index contributed by atoms with van der Waals surface area (Å²) in [5, 5.41) is 0. The molecule has 136 valence electrons. The van der Waals surface area contributed by atoms with Gasteiger partial charge >= 0.3 is 6.09 Å². The van der Waals surface area contributed by atoms with E-state index in [1.54, 1.807) is 6.33 Å². The minimum absolute atomic E-state index is 0.0501. The maximum Gasteiger partial charge on any atom is 0.410 e. The number of anilines is 1. The van der Waals surface area contributed by atoms with E-state index in [1.807, 2.05) is 17.9 Å².